The second kappa shape index (κ2) is 10.1. The minimum atomic E-state index is -0.381. The van der Waals surface area contributed by atoms with Gasteiger partial charge in [0.25, 0.3) is 0 Å². The Balaban J connectivity index is 0.000000406. The Hall–Kier alpha value is -1.95. The molecule has 0 aromatic heterocycles. The van der Waals surface area contributed by atoms with Crippen LogP contribution in [0.25, 0.3) is 0 Å². The average molecular weight is 456 g/mol. The van der Waals surface area contributed by atoms with Gasteiger partial charge in [0.15, 0.2) is 0 Å². The van der Waals surface area contributed by atoms with Gasteiger partial charge < -0.3 is 24.2 Å². The van der Waals surface area contributed by atoms with Crippen LogP contribution in [0.3, 0.4) is 0 Å². The van der Waals surface area contributed by atoms with Crippen molar-refractivity contribution < 1.29 is 14.3 Å². The summed E-state index contributed by atoms with van der Waals surface area (Å²) in [5, 5.41) is 0. The van der Waals surface area contributed by atoms with Crippen LogP contribution in [0.1, 0.15) is 76.7 Å². The van der Waals surface area contributed by atoms with Crippen LogP contribution >= 0.6 is 0 Å². The summed E-state index contributed by atoms with van der Waals surface area (Å²) >= 11 is 0. The maximum atomic E-state index is 12.6. The molecule has 0 bridgehead atoms. The molecule has 0 radical (unpaired) electrons. The predicted octanol–water partition coefficient (Wildman–Crippen LogP) is 5.40. The maximum Gasteiger partial charge on any atom is 0.320 e. The largest absolute Gasteiger partial charge is 0.462 e. The molecule has 6 rings (SSSR count). The smallest absolute Gasteiger partial charge is 0.320 e. The SMILES string of the molecule is CC1CCC1.O=C(N1CCCC1)N1CCN(c2ccc3c(c2)COC2(CCCCC2)O3)CC1. The first kappa shape index (κ1) is 22.8. The third-order valence-corrected chi connectivity index (χ3v) is 8.13. The molecule has 6 heteroatoms. The van der Waals surface area contributed by atoms with Crippen LogP contribution in [0.2, 0.25) is 0 Å². The van der Waals surface area contributed by atoms with E-state index in [4.69, 9.17) is 9.47 Å². The fourth-order valence-electron chi connectivity index (χ4n) is 5.63. The molecule has 0 unspecified atom stereocenters. The number of rotatable bonds is 1. The molecule has 5 aliphatic rings. The number of piperazine rings is 1. The van der Waals surface area contributed by atoms with Crippen molar-refractivity contribution in [3.63, 3.8) is 0 Å². The summed E-state index contributed by atoms with van der Waals surface area (Å²) in [5.41, 5.74) is 2.35. The molecule has 1 aromatic rings. The van der Waals surface area contributed by atoms with Crippen molar-refractivity contribution in [2.45, 2.75) is 83.5 Å². The van der Waals surface area contributed by atoms with E-state index in [9.17, 15) is 4.79 Å². The number of urea groups is 1. The molecule has 0 N–H and O–H groups in total. The Bertz CT molecular complexity index is 805. The van der Waals surface area contributed by atoms with Gasteiger partial charge >= 0.3 is 6.03 Å². The van der Waals surface area contributed by atoms with E-state index in [1.165, 1.54) is 44.2 Å². The number of carbonyl (C=O) groups excluding carboxylic acids is 1. The highest BCUT2D eigenvalue weighted by Gasteiger charge is 2.39. The lowest BCUT2D eigenvalue weighted by molar-refractivity contribution is -0.222. The van der Waals surface area contributed by atoms with Crippen molar-refractivity contribution in [3.8, 4) is 5.75 Å². The van der Waals surface area contributed by atoms with Crippen LogP contribution in [0.5, 0.6) is 5.75 Å². The molecule has 1 spiro atoms. The summed E-state index contributed by atoms with van der Waals surface area (Å²) in [6.45, 7) is 8.13. The van der Waals surface area contributed by atoms with Crippen molar-refractivity contribution in [3.05, 3.63) is 23.8 Å². The molecule has 6 nitrogen and oxygen atoms in total. The summed E-state index contributed by atoms with van der Waals surface area (Å²) in [6, 6.07) is 6.72. The minimum Gasteiger partial charge on any atom is -0.462 e. The van der Waals surface area contributed by atoms with E-state index in [2.05, 4.69) is 30.0 Å². The number of hydrogen-bond donors (Lipinski definition) is 0. The fourth-order valence-corrected chi connectivity index (χ4v) is 5.63. The molecule has 33 heavy (non-hydrogen) atoms. The van der Waals surface area contributed by atoms with E-state index in [0.717, 1.165) is 82.2 Å². The van der Waals surface area contributed by atoms with Crippen LogP contribution in [-0.4, -0.2) is 60.9 Å². The van der Waals surface area contributed by atoms with Gasteiger partial charge in [-0.1, -0.05) is 32.6 Å². The summed E-state index contributed by atoms with van der Waals surface area (Å²) < 4.78 is 12.5. The van der Waals surface area contributed by atoms with Crippen molar-refractivity contribution >= 4 is 11.7 Å². The van der Waals surface area contributed by atoms with E-state index in [1.54, 1.807) is 0 Å². The third kappa shape index (κ3) is 5.26. The molecule has 4 fully saturated rings. The minimum absolute atomic E-state index is 0.224. The van der Waals surface area contributed by atoms with Gasteiger partial charge in [0, 0.05) is 63.4 Å². The zero-order chi connectivity index (χ0) is 22.7. The summed E-state index contributed by atoms with van der Waals surface area (Å²) in [4.78, 5) is 19.0. The molecule has 2 aliphatic carbocycles. The second-order valence-electron chi connectivity index (χ2n) is 10.6. The van der Waals surface area contributed by atoms with E-state index >= 15 is 0 Å². The van der Waals surface area contributed by atoms with Crippen molar-refractivity contribution in [2.75, 3.05) is 44.2 Å². The first-order valence-electron chi connectivity index (χ1n) is 13.4. The lowest BCUT2D eigenvalue weighted by Gasteiger charge is -2.41. The molecule has 1 aromatic carbocycles. The molecular weight excluding hydrogens is 414 g/mol. The van der Waals surface area contributed by atoms with Crippen molar-refractivity contribution in [1.29, 1.82) is 0 Å². The zero-order valence-electron chi connectivity index (χ0n) is 20.4. The number of benzene rings is 1. The fraction of sp³-hybridized carbons (Fsp3) is 0.741. The van der Waals surface area contributed by atoms with Crippen LogP contribution in [0, 0.1) is 5.92 Å². The van der Waals surface area contributed by atoms with Gasteiger partial charge in [0.2, 0.25) is 5.79 Å². The van der Waals surface area contributed by atoms with Crippen LogP contribution in [0.15, 0.2) is 18.2 Å². The molecule has 2 saturated heterocycles. The van der Waals surface area contributed by atoms with Crippen LogP contribution in [0.4, 0.5) is 10.5 Å². The highest BCUT2D eigenvalue weighted by molar-refractivity contribution is 5.75. The molecule has 3 aliphatic heterocycles. The van der Waals surface area contributed by atoms with Crippen LogP contribution in [-0.2, 0) is 11.3 Å². The topological polar surface area (TPSA) is 45.3 Å². The Morgan fingerprint density at radius 2 is 1.55 bits per heavy atom. The lowest BCUT2D eigenvalue weighted by Crippen LogP contribution is -2.52. The Morgan fingerprint density at radius 1 is 0.879 bits per heavy atom. The second-order valence-corrected chi connectivity index (χ2v) is 10.6. The first-order chi connectivity index (χ1) is 16.1. The number of carbonyl (C=O) groups is 1. The molecule has 182 valence electrons. The zero-order valence-corrected chi connectivity index (χ0v) is 20.4. The third-order valence-electron chi connectivity index (χ3n) is 8.13. The van der Waals surface area contributed by atoms with Gasteiger partial charge in [-0.3, -0.25) is 0 Å². The number of fused-ring (bicyclic) bond motifs is 1. The molecule has 2 saturated carbocycles. The van der Waals surface area contributed by atoms with Gasteiger partial charge in [-0.25, -0.2) is 4.79 Å². The number of nitrogens with zero attached hydrogens (tertiary/aromatic N) is 3. The summed E-state index contributed by atoms with van der Waals surface area (Å²) in [5.74, 6) is 1.67. The quantitative estimate of drug-likeness (QED) is 0.569. The number of amides is 2. The normalized spacial score (nSPS) is 24.5. The summed E-state index contributed by atoms with van der Waals surface area (Å²) in [6.07, 6.45) is 12.4. The number of anilines is 1. The predicted molar refractivity (Wildman–Crippen MR) is 131 cm³/mol. The summed E-state index contributed by atoms with van der Waals surface area (Å²) in [7, 11) is 0. The molecule has 2 amide bonds. The van der Waals surface area contributed by atoms with E-state index in [0.29, 0.717) is 6.61 Å². The van der Waals surface area contributed by atoms with Gasteiger partial charge in [-0.2, -0.15) is 0 Å². The van der Waals surface area contributed by atoms with Crippen molar-refractivity contribution in [1.82, 2.24) is 9.80 Å². The van der Waals surface area contributed by atoms with Gasteiger partial charge in [-0.15, -0.1) is 0 Å². The van der Waals surface area contributed by atoms with Crippen LogP contribution < -0.4 is 9.64 Å². The van der Waals surface area contributed by atoms with E-state index < -0.39 is 0 Å². The van der Waals surface area contributed by atoms with E-state index in [1.807, 2.05) is 9.80 Å². The average Bonchev–Trinajstić information content (AvgIpc) is 3.38. The van der Waals surface area contributed by atoms with Gasteiger partial charge in [0.05, 0.1) is 6.61 Å². The number of likely N-dealkylation sites (tertiary alicyclic amines) is 1. The highest BCUT2D eigenvalue weighted by atomic mass is 16.7. The Morgan fingerprint density at radius 3 is 2.18 bits per heavy atom. The maximum absolute atomic E-state index is 12.6. The van der Waals surface area contributed by atoms with E-state index in [-0.39, 0.29) is 11.8 Å². The van der Waals surface area contributed by atoms with Crippen molar-refractivity contribution in [2.24, 2.45) is 5.92 Å². The standard InChI is InChI=1S/C22H31N3O3.C5H10/c26-21(24-10-4-5-11-24)25-14-12-23(13-15-25)19-6-7-20-18(16-19)17-27-22(28-20)8-2-1-3-9-22;1-5-3-2-4-5/h6-7,16H,1-5,8-15,17H2;5H,2-4H2,1H3. The first-order valence-corrected chi connectivity index (χ1v) is 13.4. The highest BCUT2D eigenvalue weighted by Crippen LogP contribution is 2.41. The Labute approximate surface area is 199 Å². The molecular formula is C27H41N3O3. The van der Waals surface area contributed by atoms with Gasteiger partial charge in [-0.05, 0) is 49.8 Å². The number of ether oxygens (including phenoxy) is 2. The Kier molecular flexibility index (Phi) is 7.00. The van der Waals surface area contributed by atoms with Gasteiger partial charge in [0.1, 0.15) is 5.75 Å². The monoisotopic (exact) mass is 455 g/mol. The molecule has 3 heterocycles. The molecule has 0 atom stereocenters. The lowest BCUT2D eigenvalue weighted by atomic mass is 9.88. The number of hydrogen-bond acceptors (Lipinski definition) is 4.